The number of aromatic nitrogens is 1. The molecule has 34 heavy (non-hydrogen) atoms. The van der Waals surface area contributed by atoms with Gasteiger partial charge in [-0.2, -0.15) is 13.2 Å². The molecule has 1 aromatic heterocycles. The molecule has 0 fully saturated rings. The maximum absolute atomic E-state index is 13.6. The summed E-state index contributed by atoms with van der Waals surface area (Å²) in [5.41, 5.74) is 0.334. The zero-order valence-corrected chi connectivity index (χ0v) is 18.3. The molecule has 172 valence electrons. The van der Waals surface area contributed by atoms with Crippen molar-refractivity contribution >= 4 is 5.91 Å². The van der Waals surface area contributed by atoms with Gasteiger partial charge in [-0.25, -0.2) is 0 Å². The number of pyridine rings is 1. The number of hydrogen-bond acceptors (Lipinski definition) is 2. The monoisotopic (exact) mass is 460 g/mol. The average molecular weight is 460 g/mol. The maximum Gasteiger partial charge on any atom is 0.416 e. The quantitative estimate of drug-likeness (QED) is 0.371. The molecule has 1 unspecified atom stereocenters. The van der Waals surface area contributed by atoms with Gasteiger partial charge in [-0.05, 0) is 41.0 Å². The van der Waals surface area contributed by atoms with E-state index in [1.54, 1.807) is 30.5 Å². The highest BCUT2D eigenvalue weighted by molar-refractivity contribution is 5.80. The Hall–Kier alpha value is -3.93. The number of hydrogen-bond donors (Lipinski definition) is 1. The van der Waals surface area contributed by atoms with Gasteiger partial charge in [0.2, 0.25) is 5.91 Å². The lowest BCUT2D eigenvalue weighted by Crippen LogP contribution is -2.49. The van der Waals surface area contributed by atoms with E-state index in [-0.39, 0.29) is 18.7 Å². The van der Waals surface area contributed by atoms with Crippen LogP contribution in [0.1, 0.15) is 27.9 Å². The van der Waals surface area contributed by atoms with Crippen LogP contribution < -0.4 is 5.32 Å². The fourth-order valence-corrected chi connectivity index (χ4v) is 4.06. The van der Waals surface area contributed by atoms with Gasteiger partial charge in [-0.1, -0.05) is 78.9 Å². The van der Waals surface area contributed by atoms with Crippen LogP contribution in [0.4, 0.5) is 13.2 Å². The fourth-order valence-electron chi connectivity index (χ4n) is 4.06. The molecule has 3 nitrogen and oxygen atoms in total. The van der Waals surface area contributed by atoms with Gasteiger partial charge in [0.05, 0.1) is 17.7 Å². The summed E-state index contributed by atoms with van der Waals surface area (Å²) >= 11 is 0. The minimum absolute atomic E-state index is 0.0865. The van der Waals surface area contributed by atoms with Crippen LogP contribution in [0.15, 0.2) is 109 Å². The van der Waals surface area contributed by atoms with Crippen molar-refractivity contribution in [3.8, 4) is 0 Å². The molecule has 6 heteroatoms. The van der Waals surface area contributed by atoms with Crippen molar-refractivity contribution in [2.45, 2.75) is 24.6 Å². The van der Waals surface area contributed by atoms with Crippen molar-refractivity contribution in [2.24, 2.45) is 0 Å². The topological polar surface area (TPSA) is 42.0 Å². The molecule has 3 aromatic carbocycles. The van der Waals surface area contributed by atoms with E-state index in [1.165, 1.54) is 6.07 Å². The predicted octanol–water partition coefficient (Wildman–Crippen LogP) is 5.95. The third-order valence-electron chi connectivity index (χ3n) is 5.66. The van der Waals surface area contributed by atoms with Crippen LogP contribution in [0.5, 0.6) is 0 Å². The van der Waals surface area contributed by atoms with Gasteiger partial charge >= 0.3 is 6.18 Å². The Bertz CT molecular complexity index is 1230. The smallest absolute Gasteiger partial charge is 0.340 e. The van der Waals surface area contributed by atoms with Crippen LogP contribution in [0.3, 0.4) is 0 Å². The number of rotatable bonds is 7. The number of carbonyl (C=O) groups excluding carboxylic acids is 1. The Morgan fingerprint density at radius 2 is 1.35 bits per heavy atom. The van der Waals surface area contributed by atoms with Gasteiger partial charge in [0, 0.05) is 12.6 Å². The Morgan fingerprint density at radius 3 is 1.97 bits per heavy atom. The Morgan fingerprint density at radius 1 is 0.735 bits per heavy atom. The second kappa shape index (κ2) is 9.91. The first-order chi connectivity index (χ1) is 16.4. The molecule has 1 N–H and O–H groups in total. The molecule has 0 aliphatic rings. The zero-order chi connectivity index (χ0) is 24.0. The molecule has 0 saturated heterocycles. The van der Waals surface area contributed by atoms with Crippen molar-refractivity contribution in [3.05, 3.63) is 137 Å². The van der Waals surface area contributed by atoms with E-state index >= 15 is 0 Å². The molecule has 4 rings (SSSR count). The first kappa shape index (κ1) is 23.2. The van der Waals surface area contributed by atoms with Crippen LogP contribution in [0, 0.1) is 0 Å². The summed E-state index contributed by atoms with van der Waals surface area (Å²) in [6, 6.07) is 28.9. The zero-order valence-electron chi connectivity index (χ0n) is 18.3. The third kappa shape index (κ3) is 5.34. The van der Waals surface area contributed by atoms with E-state index in [1.807, 2.05) is 60.7 Å². The summed E-state index contributed by atoms with van der Waals surface area (Å²) in [4.78, 5) is 17.8. The van der Waals surface area contributed by atoms with E-state index < -0.39 is 17.3 Å². The molecule has 0 radical (unpaired) electrons. The molecule has 0 bridgehead atoms. The van der Waals surface area contributed by atoms with Crippen LogP contribution in [-0.2, 0) is 29.4 Å². The Balaban J connectivity index is 1.86. The molecule has 1 amide bonds. The lowest BCUT2D eigenvalue weighted by Gasteiger charge is -2.36. The first-order valence-corrected chi connectivity index (χ1v) is 10.8. The molecule has 1 heterocycles. The van der Waals surface area contributed by atoms with Crippen molar-refractivity contribution in [1.82, 2.24) is 10.3 Å². The SMILES string of the molecule is O=C(Cc1ccccc1)NC(Cc1ccccc1)(c1cccc(C(F)(F)F)c1)c1ccccn1. The lowest BCUT2D eigenvalue weighted by molar-refractivity contribution is -0.137. The van der Waals surface area contributed by atoms with Crippen molar-refractivity contribution in [3.63, 3.8) is 0 Å². The number of carbonyl (C=O) groups is 1. The number of nitrogens with zero attached hydrogens (tertiary/aromatic N) is 1. The predicted molar refractivity (Wildman–Crippen MR) is 125 cm³/mol. The Kier molecular flexibility index (Phi) is 6.77. The fraction of sp³-hybridized carbons (Fsp3) is 0.143. The van der Waals surface area contributed by atoms with Crippen LogP contribution >= 0.6 is 0 Å². The molecule has 0 aliphatic heterocycles. The minimum atomic E-state index is -4.52. The summed E-state index contributed by atoms with van der Waals surface area (Å²) in [5, 5.41) is 3.07. The summed E-state index contributed by atoms with van der Waals surface area (Å²) in [6.07, 6.45) is -2.63. The number of benzene rings is 3. The molecular formula is C28H23F3N2O. The summed E-state index contributed by atoms with van der Waals surface area (Å²) in [5.74, 6) is -0.315. The highest BCUT2D eigenvalue weighted by atomic mass is 19.4. The largest absolute Gasteiger partial charge is 0.416 e. The average Bonchev–Trinajstić information content (AvgIpc) is 2.85. The molecular weight excluding hydrogens is 437 g/mol. The molecule has 0 aliphatic carbocycles. The minimum Gasteiger partial charge on any atom is -0.340 e. The summed E-state index contributed by atoms with van der Waals surface area (Å²) in [7, 11) is 0. The molecule has 4 aromatic rings. The van der Waals surface area contributed by atoms with E-state index in [0.29, 0.717) is 11.3 Å². The number of amides is 1. The standard InChI is InChI=1S/C28H23F3N2O/c29-28(30,31)24-15-9-14-23(19-24)27(25-16-7-8-17-32-25,20-22-12-5-2-6-13-22)33-26(34)18-21-10-3-1-4-11-21/h1-17,19H,18,20H2,(H,33,34). The van der Waals surface area contributed by atoms with Gasteiger partial charge in [-0.3, -0.25) is 9.78 Å². The maximum atomic E-state index is 13.6. The van der Waals surface area contributed by atoms with Crippen molar-refractivity contribution in [2.75, 3.05) is 0 Å². The second-order valence-electron chi connectivity index (χ2n) is 8.07. The number of halogens is 3. The Labute approximate surface area is 196 Å². The molecule has 0 spiro atoms. The highest BCUT2D eigenvalue weighted by Gasteiger charge is 2.40. The van der Waals surface area contributed by atoms with E-state index in [2.05, 4.69) is 10.3 Å². The van der Waals surface area contributed by atoms with Gasteiger partial charge in [-0.15, -0.1) is 0 Å². The van der Waals surface area contributed by atoms with Crippen molar-refractivity contribution < 1.29 is 18.0 Å². The van der Waals surface area contributed by atoms with Gasteiger partial charge in [0.15, 0.2) is 0 Å². The van der Waals surface area contributed by atoms with E-state index in [9.17, 15) is 18.0 Å². The van der Waals surface area contributed by atoms with Gasteiger partial charge in [0.1, 0.15) is 5.54 Å². The van der Waals surface area contributed by atoms with Crippen molar-refractivity contribution in [1.29, 1.82) is 0 Å². The van der Waals surface area contributed by atoms with Crippen LogP contribution in [-0.4, -0.2) is 10.9 Å². The first-order valence-electron chi connectivity index (χ1n) is 10.8. The van der Waals surface area contributed by atoms with Gasteiger partial charge in [0.25, 0.3) is 0 Å². The summed E-state index contributed by atoms with van der Waals surface area (Å²) < 4.78 is 40.9. The lowest BCUT2D eigenvalue weighted by atomic mass is 9.79. The normalized spacial score (nSPS) is 13.1. The molecule has 1 atom stereocenters. The van der Waals surface area contributed by atoms with Crippen LogP contribution in [0.2, 0.25) is 0 Å². The third-order valence-corrected chi connectivity index (χ3v) is 5.66. The molecule has 0 saturated carbocycles. The summed E-state index contributed by atoms with van der Waals surface area (Å²) in [6.45, 7) is 0. The van der Waals surface area contributed by atoms with Crippen LogP contribution in [0.25, 0.3) is 0 Å². The van der Waals surface area contributed by atoms with E-state index in [0.717, 1.165) is 23.3 Å². The van der Waals surface area contributed by atoms with E-state index in [4.69, 9.17) is 0 Å². The number of alkyl halides is 3. The second-order valence-corrected chi connectivity index (χ2v) is 8.07. The highest BCUT2D eigenvalue weighted by Crippen LogP contribution is 2.36. The number of nitrogens with one attached hydrogen (secondary N) is 1. The van der Waals surface area contributed by atoms with Gasteiger partial charge < -0.3 is 5.32 Å².